The van der Waals surface area contributed by atoms with Crippen molar-refractivity contribution in [2.75, 3.05) is 0 Å². The number of rotatable bonds is 2. The molecule has 2 aromatic heterocycles. The van der Waals surface area contributed by atoms with Crippen molar-refractivity contribution in [1.29, 1.82) is 0 Å². The predicted molar refractivity (Wildman–Crippen MR) is 85.2 cm³/mol. The zero-order valence-electron chi connectivity index (χ0n) is 12.0. The first kappa shape index (κ1) is 12.7. The molecule has 4 nitrogen and oxygen atoms in total. The molecule has 4 aromatic rings. The first-order valence-electron chi connectivity index (χ1n) is 7.05. The molecule has 0 fully saturated rings. The van der Waals surface area contributed by atoms with Crippen molar-refractivity contribution in [2.24, 2.45) is 0 Å². The molecule has 0 N–H and O–H groups in total. The minimum atomic E-state index is 0.763. The second-order valence-electron chi connectivity index (χ2n) is 5.10. The van der Waals surface area contributed by atoms with E-state index in [4.69, 9.17) is 4.52 Å². The van der Waals surface area contributed by atoms with E-state index in [0.29, 0.717) is 0 Å². The molecule has 0 unspecified atom stereocenters. The lowest BCUT2D eigenvalue weighted by Gasteiger charge is -2.04. The molecule has 0 radical (unpaired) electrons. The van der Waals surface area contributed by atoms with Crippen molar-refractivity contribution >= 4 is 11.0 Å². The predicted octanol–water partition coefficient (Wildman–Crippen LogP) is 4.26. The Morgan fingerprint density at radius 3 is 2.59 bits per heavy atom. The minimum absolute atomic E-state index is 0.763. The summed E-state index contributed by atoms with van der Waals surface area (Å²) in [6.07, 6.45) is 3.36. The molecular weight excluding hydrogens is 274 g/mol. The zero-order chi connectivity index (χ0) is 14.9. The smallest absolute Gasteiger partial charge is 0.175 e. The Kier molecular flexibility index (Phi) is 2.93. The molecule has 2 heterocycles. The topological polar surface area (TPSA) is 51.8 Å². The van der Waals surface area contributed by atoms with Gasteiger partial charge in [0.15, 0.2) is 5.58 Å². The Balaban J connectivity index is 1.97. The Hall–Kier alpha value is -3.01. The average molecular weight is 287 g/mol. The van der Waals surface area contributed by atoms with Gasteiger partial charge in [0.05, 0.1) is 5.39 Å². The lowest BCUT2D eigenvalue weighted by atomic mass is 10.0. The van der Waals surface area contributed by atoms with Gasteiger partial charge in [0, 0.05) is 28.6 Å². The van der Waals surface area contributed by atoms with Gasteiger partial charge < -0.3 is 4.52 Å². The van der Waals surface area contributed by atoms with Crippen molar-refractivity contribution < 1.29 is 4.52 Å². The highest BCUT2D eigenvalue weighted by Crippen LogP contribution is 2.34. The molecule has 4 heteroatoms. The number of aromatic nitrogens is 3. The number of hydrogen-bond acceptors (Lipinski definition) is 4. The maximum absolute atomic E-state index is 5.64. The summed E-state index contributed by atoms with van der Waals surface area (Å²) in [5, 5.41) is 5.26. The van der Waals surface area contributed by atoms with Gasteiger partial charge in [0.1, 0.15) is 12.0 Å². The highest BCUT2D eigenvalue weighted by Gasteiger charge is 2.15. The van der Waals surface area contributed by atoms with E-state index in [2.05, 4.69) is 15.1 Å². The second kappa shape index (κ2) is 5.07. The van der Waals surface area contributed by atoms with E-state index < -0.39 is 0 Å². The quantitative estimate of drug-likeness (QED) is 0.552. The summed E-state index contributed by atoms with van der Waals surface area (Å²) < 4.78 is 5.64. The van der Waals surface area contributed by atoms with Gasteiger partial charge in [-0.25, -0.2) is 9.97 Å². The molecule has 106 valence electrons. The van der Waals surface area contributed by atoms with E-state index in [-0.39, 0.29) is 0 Å². The van der Waals surface area contributed by atoms with Crippen LogP contribution in [0.3, 0.4) is 0 Å². The number of nitrogens with zero attached hydrogens (tertiary/aromatic N) is 3. The molecule has 0 amide bonds. The first-order chi connectivity index (χ1) is 10.8. The fraction of sp³-hybridized carbons (Fsp3) is 0.0556. The Labute approximate surface area is 127 Å². The first-order valence-corrected chi connectivity index (χ1v) is 7.05. The van der Waals surface area contributed by atoms with Crippen LogP contribution in [-0.2, 0) is 0 Å². The summed E-state index contributed by atoms with van der Waals surface area (Å²) in [6, 6.07) is 16.1. The summed E-state index contributed by atoms with van der Waals surface area (Å²) in [4.78, 5) is 8.37. The van der Waals surface area contributed by atoms with Crippen LogP contribution in [0.5, 0.6) is 0 Å². The van der Waals surface area contributed by atoms with E-state index in [1.165, 1.54) is 0 Å². The van der Waals surface area contributed by atoms with Crippen LogP contribution in [0.4, 0.5) is 0 Å². The Morgan fingerprint density at radius 2 is 1.77 bits per heavy atom. The highest BCUT2D eigenvalue weighted by molar-refractivity contribution is 5.99. The van der Waals surface area contributed by atoms with Crippen LogP contribution in [-0.4, -0.2) is 15.1 Å². The molecule has 22 heavy (non-hydrogen) atoms. The van der Waals surface area contributed by atoms with Crippen LogP contribution in [0.2, 0.25) is 0 Å². The fourth-order valence-electron chi connectivity index (χ4n) is 2.63. The third kappa shape index (κ3) is 1.97. The van der Waals surface area contributed by atoms with Crippen LogP contribution in [0.25, 0.3) is 33.4 Å². The summed E-state index contributed by atoms with van der Waals surface area (Å²) in [5.41, 5.74) is 5.50. The normalized spacial score (nSPS) is 11.0. The molecule has 0 aliphatic rings. The highest BCUT2D eigenvalue weighted by atomic mass is 16.5. The standard InChI is InChI=1S/C18H13N3O/c1-12-16(10-19-11-20-12)14-8-5-9-15-17(21-22-18(14)15)13-6-3-2-4-7-13/h2-11H,1H3. The molecule has 2 aromatic carbocycles. The fourth-order valence-corrected chi connectivity index (χ4v) is 2.63. The summed E-state index contributed by atoms with van der Waals surface area (Å²) in [5.74, 6) is 0. The maximum atomic E-state index is 5.64. The van der Waals surface area contributed by atoms with Crippen LogP contribution in [0, 0.1) is 6.92 Å². The van der Waals surface area contributed by atoms with Crippen LogP contribution < -0.4 is 0 Å². The molecule has 4 rings (SSSR count). The third-order valence-corrected chi connectivity index (χ3v) is 3.75. The largest absolute Gasteiger partial charge is 0.355 e. The van der Waals surface area contributed by atoms with Gasteiger partial charge in [-0.1, -0.05) is 47.6 Å². The summed E-state index contributed by atoms with van der Waals surface area (Å²) in [7, 11) is 0. The molecule has 0 aliphatic carbocycles. The van der Waals surface area contributed by atoms with E-state index in [1.54, 1.807) is 6.33 Å². The zero-order valence-corrected chi connectivity index (χ0v) is 12.0. The lowest BCUT2D eigenvalue weighted by Crippen LogP contribution is -1.89. The summed E-state index contributed by atoms with van der Waals surface area (Å²) in [6.45, 7) is 1.96. The number of fused-ring (bicyclic) bond motifs is 1. The van der Waals surface area contributed by atoms with Crippen molar-refractivity contribution in [3.05, 3.63) is 66.7 Å². The van der Waals surface area contributed by atoms with E-state index in [9.17, 15) is 0 Å². The minimum Gasteiger partial charge on any atom is -0.355 e. The van der Waals surface area contributed by atoms with Gasteiger partial charge >= 0.3 is 0 Å². The van der Waals surface area contributed by atoms with Crippen molar-refractivity contribution in [3.63, 3.8) is 0 Å². The molecule has 0 atom stereocenters. The number of aryl methyl sites for hydroxylation is 1. The van der Waals surface area contributed by atoms with E-state index in [1.807, 2.05) is 61.7 Å². The molecule has 0 saturated heterocycles. The van der Waals surface area contributed by atoms with Crippen molar-refractivity contribution in [3.8, 4) is 22.4 Å². The second-order valence-corrected chi connectivity index (χ2v) is 5.10. The van der Waals surface area contributed by atoms with E-state index >= 15 is 0 Å². The summed E-state index contributed by atoms with van der Waals surface area (Å²) >= 11 is 0. The van der Waals surface area contributed by atoms with Gasteiger partial charge in [-0.2, -0.15) is 0 Å². The third-order valence-electron chi connectivity index (χ3n) is 3.75. The van der Waals surface area contributed by atoms with Gasteiger partial charge in [-0.05, 0) is 13.0 Å². The van der Waals surface area contributed by atoms with Crippen molar-refractivity contribution in [2.45, 2.75) is 6.92 Å². The van der Waals surface area contributed by atoms with Crippen LogP contribution >= 0.6 is 0 Å². The SMILES string of the molecule is Cc1ncncc1-c1cccc2c(-c3ccccc3)noc12. The van der Waals surface area contributed by atoms with Gasteiger partial charge in [-0.15, -0.1) is 0 Å². The maximum Gasteiger partial charge on any atom is 0.175 e. The number of para-hydroxylation sites is 1. The Bertz CT molecular complexity index is 945. The van der Waals surface area contributed by atoms with Gasteiger partial charge in [0.25, 0.3) is 0 Å². The van der Waals surface area contributed by atoms with Gasteiger partial charge in [-0.3, -0.25) is 0 Å². The molecule has 0 aliphatic heterocycles. The van der Waals surface area contributed by atoms with E-state index in [0.717, 1.165) is 39.0 Å². The number of hydrogen-bond donors (Lipinski definition) is 0. The Morgan fingerprint density at radius 1 is 0.909 bits per heavy atom. The average Bonchev–Trinajstić information content (AvgIpc) is 3.00. The molecular formula is C18H13N3O. The van der Waals surface area contributed by atoms with Crippen molar-refractivity contribution in [1.82, 2.24) is 15.1 Å². The molecule has 0 saturated carbocycles. The van der Waals surface area contributed by atoms with Crippen LogP contribution in [0.1, 0.15) is 5.69 Å². The lowest BCUT2D eigenvalue weighted by molar-refractivity contribution is 0.460. The van der Waals surface area contributed by atoms with Crippen LogP contribution in [0.15, 0.2) is 65.6 Å². The molecule has 0 spiro atoms. The molecule has 0 bridgehead atoms. The monoisotopic (exact) mass is 287 g/mol. The number of benzene rings is 2. The van der Waals surface area contributed by atoms with Gasteiger partial charge in [0.2, 0.25) is 0 Å².